The highest BCUT2D eigenvalue weighted by atomic mass is 16.5. The molecule has 1 heterocycles. The normalized spacial score (nSPS) is 23.7. The molecular weight excluding hydrogens is 182 g/mol. The number of nitrogens with zero attached hydrogens (tertiary/aromatic N) is 1. The predicted octanol–water partition coefficient (Wildman–Crippen LogP) is -0.123. The minimum Gasteiger partial charge on any atom is -0.383 e. The first kappa shape index (κ1) is 11.0. The third-order valence-electron chi connectivity index (χ3n) is 2.01. The van der Waals surface area contributed by atoms with Gasteiger partial charge in [-0.1, -0.05) is 13.3 Å². The minimum absolute atomic E-state index is 0.0167. The lowest BCUT2D eigenvalue weighted by molar-refractivity contribution is -0.120. The molecule has 0 aromatic carbocycles. The number of methoxy groups -OCH3 is 1. The predicted molar refractivity (Wildman–Crippen MR) is 54.2 cm³/mol. The van der Waals surface area contributed by atoms with E-state index in [0.29, 0.717) is 19.1 Å². The van der Waals surface area contributed by atoms with Gasteiger partial charge in [0, 0.05) is 7.11 Å². The Morgan fingerprint density at radius 2 is 2.36 bits per heavy atom. The van der Waals surface area contributed by atoms with E-state index in [2.05, 4.69) is 22.5 Å². The number of hydrogen-bond donors (Lipinski definition) is 2. The number of nitrogens with one attached hydrogen (secondary N) is 2. The van der Waals surface area contributed by atoms with E-state index in [1.54, 1.807) is 7.11 Å². The number of amides is 1. The molecular formula is C9H17N3O2. The molecule has 1 aliphatic rings. The van der Waals surface area contributed by atoms with Crippen LogP contribution in [0.3, 0.4) is 0 Å². The van der Waals surface area contributed by atoms with Crippen molar-refractivity contribution < 1.29 is 9.53 Å². The topological polar surface area (TPSA) is 62.7 Å². The van der Waals surface area contributed by atoms with Crippen LogP contribution in [0.2, 0.25) is 0 Å². The molecule has 1 saturated heterocycles. The first-order valence-corrected chi connectivity index (χ1v) is 4.88. The van der Waals surface area contributed by atoms with Gasteiger partial charge in [0.15, 0.2) is 5.96 Å². The van der Waals surface area contributed by atoms with Gasteiger partial charge in [-0.15, -0.1) is 0 Å². The number of hydrogen-bond acceptors (Lipinski definition) is 3. The quantitative estimate of drug-likeness (QED) is 0.607. The summed E-state index contributed by atoms with van der Waals surface area (Å²) in [4.78, 5) is 15.5. The van der Waals surface area contributed by atoms with Gasteiger partial charge in [-0.3, -0.25) is 15.1 Å². The average Bonchev–Trinajstić information content (AvgIpc) is 2.49. The molecule has 0 spiro atoms. The van der Waals surface area contributed by atoms with Crippen molar-refractivity contribution in [2.24, 2.45) is 4.99 Å². The summed E-state index contributed by atoms with van der Waals surface area (Å²) in [6, 6.07) is -0.110. The number of ether oxygens (including phenoxy) is 1. The third kappa shape index (κ3) is 2.99. The maximum absolute atomic E-state index is 11.3. The van der Waals surface area contributed by atoms with Crippen molar-refractivity contribution in [3.8, 4) is 0 Å². The zero-order valence-electron chi connectivity index (χ0n) is 8.67. The molecule has 5 nitrogen and oxygen atoms in total. The van der Waals surface area contributed by atoms with Crippen LogP contribution in [0, 0.1) is 0 Å². The summed E-state index contributed by atoms with van der Waals surface area (Å²) in [6.07, 6.45) is 1.82. The van der Waals surface area contributed by atoms with E-state index in [1.807, 2.05) is 0 Å². The Morgan fingerprint density at radius 3 is 3.00 bits per heavy atom. The van der Waals surface area contributed by atoms with Gasteiger partial charge in [0.1, 0.15) is 6.04 Å². The van der Waals surface area contributed by atoms with Gasteiger partial charge in [0.25, 0.3) is 0 Å². The summed E-state index contributed by atoms with van der Waals surface area (Å²) in [7, 11) is 1.63. The van der Waals surface area contributed by atoms with E-state index in [-0.39, 0.29) is 11.9 Å². The van der Waals surface area contributed by atoms with Crippen LogP contribution in [0.1, 0.15) is 19.8 Å². The Hall–Kier alpha value is -1.10. The Kier molecular flexibility index (Phi) is 4.39. The van der Waals surface area contributed by atoms with Crippen LogP contribution in [0.5, 0.6) is 0 Å². The summed E-state index contributed by atoms with van der Waals surface area (Å²) >= 11 is 0. The molecule has 14 heavy (non-hydrogen) atoms. The van der Waals surface area contributed by atoms with Crippen LogP contribution in [0.15, 0.2) is 4.99 Å². The largest absolute Gasteiger partial charge is 0.383 e. The lowest BCUT2D eigenvalue weighted by Crippen LogP contribution is -2.29. The monoisotopic (exact) mass is 199 g/mol. The maximum Gasteiger partial charge on any atom is 0.249 e. The molecule has 0 aromatic heterocycles. The van der Waals surface area contributed by atoms with Gasteiger partial charge in [-0.25, -0.2) is 0 Å². The number of carbonyl (C=O) groups excluding carboxylic acids is 1. The van der Waals surface area contributed by atoms with Crippen molar-refractivity contribution in [1.82, 2.24) is 10.6 Å². The van der Waals surface area contributed by atoms with Crippen molar-refractivity contribution in [3.63, 3.8) is 0 Å². The highest BCUT2D eigenvalue weighted by Crippen LogP contribution is 2.01. The van der Waals surface area contributed by atoms with Gasteiger partial charge < -0.3 is 10.1 Å². The van der Waals surface area contributed by atoms with Gasteiger partial charge in [0.2, 0.25) is 5.91 Å². The van der Waals surface area contributed by atoms with Crippen molar-refractivity contribution >= 4 is 11.9 Å². The zero-order chi connectivity index (χ0) is 10.4. The molecule has 5 heteroatoms. The summed E-state index contributed by atoms with van der Waals surface area (Å²) in [5.74, 6) is 0.591. The fourth-order valence-electron chi connectivity index (χ4n) is 1.30. The average molecular weight is 199 g/mol. The van der Waals surface area contributed by atoms with Crippen molar-refractivity contribution in [1.29, 1.82) is 0 Å². The lowest BCUT2D eigenvalue weighted by Gasteiger charge is -2.03. The second kappa shape index (κ2) is 5.59. The van der Waals surface area contributed by atoms with Gasteiger partial charge in [-0.05, 0) is 6.42 Å². The second-order valence-electron chi connectivity index (χ2n) is 3.20. The Bertz CT molecular complexity index is 228. The molecule has 1 fully saturated rings. The number of rotatable bonds is 5. The van der Waals surface area contributed by atoms with Crippen molar-refractivity contribution in [2.75, 3.05) is 20.3 Å². The lowest BCUT2D eigenvalue weighted by atomic mass is 10.2. The summed E-state index contributed by atoms with van der Waals surface area (Å²) in [5, 5.41) is 5.73. The van der Waals surface area contributed by atoms with Crippen LogP contribution in [0.25, 0.3) is 0 Å². The minimum atomic E-state index is -0.110. The van der Waals surface area contributed by atoms with Gasteiger partial charge >= 0.3 is 0 Å². The molecule has 1 aliphatic heterocycles. The van der Waals surface area contributed by atoms with Gasteiger partial charge in [-0.2, -0.15) is 0 Å². The first-order valence-electron chi connectivity index (χ1n) is 4.88. The van der Waals surface area contributed by atoms with E-state index < -0.39 is 0 Å². The molecule has 0 aliphatic carbocycles. The third-order valence-corrected chi connectivity index (χ3v) is 2.01. The van der Waals surface area contributed by atoms with E-state index in [9.17, 15) is 4.79 Å². The Balaban J connectivity index is 2.37. The molecule has 0 bridgehead atoms. The van der Waals surface area contributed by atoms with E-state index in [4.69, 9.17) is 4.74 Å². The van der Waals surface area contributed by atoms with Crippen LogP contribution in [0.4, 0.5) is 0 Å². The molecule has 2 N–H and O–H groups in total. The summed E-state index contributed by atoms with van der Waals surface area (Å²) in [5.41, 5.74) is 0. The van der Waals surface area contributed by atoms with E-state index in [0.717, 1.165) is 12.8 Å². The van der Waals surface area contributed by atoms with Gasteiger partial charge in [0.05, 0.1) is 13.2 Å². The molecule has 1 atom stereocenters. The molecule has 0 saturated carbocycles. The Morgan fingerprint density at radius 1 is 1.57 bits per heavy atom. The summed E-state index contributed by atoms with van der Waals surface area (Å²) < 4.78 is 4.86. The van der Waals surface area contributed by atoms with Crippen molar-refractivity contribution in [2.45, 2.75) is 25.8 Å². The number of guanidine groups is 1. The highest BCUT2D eigenvalue weighted by molar-refractivity contribution is 6.06. The van der Waals surface area contributed by atoms with E-state index >= 15 is 0 Å². The van der Waals surface area contributed by atoms with E-state index in [1.165, 1.54) is 0 Å². The molecule has 1 unspecified atom stereocenters. The molecule has 80 valence electrons. The molecule has 0 radical (unpaired) electrons. The maximum atomic E-state index is 11.3. The smallest absolute Gasteiger partial charge is 0.249 e. The second-order valence-corrected chi connectivity index (χ2v) is 3.20. The number of carbonyl (C=O) groups is 1. The van der Waals surface area contributed by atoms with Crippen LogP contribution in [-0.4, -0.2) is 38.2 Å². The fraction of sp³-hybridized carbons (Fsp3) is 0.778. The SMILES string of the molecule is CCCC1NC(=NCCOC)NC1=O. The molecule has 0 aromatic rings. The highest BCUT2D eigenvalue weighted by Gasteiger charge is 2.26. The zero-order valence-corrected chi connectivity index (χ0v) is 8.67. The Labute approximate surface area is 83.9 Å². The van der Waals surface area contributed by atoms with Crippen LogP contribution in [-0.2, 0) is 9.53 Å². The number of aliphatic imine (C=N–C) groups is 1. The molecule has 1 amide bonds. The fourth-order valence-corrected chi connectivity index (χ4v) is 1.30. The van der Waals surface area contributed by atoms with Crippen molar-refractivity contribution in [3.05, 3.63) is 0 Å². The standard InChI is InChI=1S/C9H17N3O2/c1-3-4-7-8(13)12-9(11-7)10-5-6-14-2/h7H,3-6H2,1-2H3,(H2,10,11,12,13). The first-order chi connectivity index (χ1) is 6.77. The summed E-state index contributed by atoms with van der Waals surface area (Å²) in [6.45, 7) is 3.19. The van der Waals surface area contributed by atoms with Crippen LogP contribution < -0.4 is 10.6 Å². The van der Waals surface area contributed by atoms with Crippen LogP contribution >= 0.6 is 0 Å². The molecule has 1 rings (SSSR count).